The molecule has 4 aromatic rings. The average molecular weight is 320 g/mol. The van der Waals surface area contributed by atoms with Gasteiger partial charge < -0.3 is 10.3 Å². The van der Waals surface area contributed by atoms with Crippen molar-refractivity contribution in [3.63, 3.8) is 0 Å². The van der Waals surface area contributed by atoms with Crippen molar-refractivity contribution in [1.82, 2.24) is 4.57 Å². The molecule has 0 aliphatic rings. The number of nitrogens with zero attached hydrogens (tertiary/aromatic N) is 1. The Kier molecular flexibility index (Phi) is 3.20. The first-order chi connectivity index (χ1) is 11.1. The molecule has 2 heterocycles. The van der Waals surface area contributed by atoms with E-state index in [0.29, 0.717) is 5.56 Å². The molecule has 0 saturated heterocycles. The van der Waals surface area contributed by atoms with Crippen molar-refractivity contribution in [2.45, 2.75) is 13.5 Å². The van der Waals surface area contributed by atoms with Crippen molar-refractivity contribution >= 4 is 39.0 Å². The highest BCUT2D eigenvalue weighted by Crippen LogP contribution is 2.33. The second kappa shape index (κ2) is 5.25. The summed E-state index contributed by atoms with van der Waals surface area (Å²) < 4.78 is 2.27. The molecule has 0 aliphatic heterocycles. The van der Waals surface area contributed by atoms with Gasteiger partial charge in [-0.25, -0.2) is 0 Å². The van der Waals surface area contributed by atoms with E-state index in [0.717, 1.165) is 28.4 Å². The molecule has 0 atom stereocenters. The Labute approximate surface area is 138 Å². The summed E-state index contributed by atoms with van der Waals surface area (Å²) in [5, 5.41) is 6.27. The van der Waals surface area contributed by atoms with Gasteiger partial charge in [0.1, 0.15) is 0 Å². The molecule has 0 fully saturated rings. The van der Waals surface area contributed by atoms with Crippen LogP contribution in [0.3, 0.4) is 0 Å². The molecule has 0 bridgehead atoms. The van der Waals surface area contributed by atoms with Gasteiger partial charge in [-0.15, -0.1) is 0 Å². The predicted molar refractivity (Wildman–Crippen MR) is 96.1 cm³/mol. The Morgan fingerprint density at radius 2 is 2.04 bits per heavy atom. The number of carbonyl (C=O) groups is 1. The van der Waals surface area contributed by atoms with E-state index >= 15 is 0 Å². The summed E-state index contributed by atoms with van der Waals surface area (Å²) in [5.74, 6) is -0.384. The lowest BCUT2D eigenvalue weighted by molar-refractivity contribution is 0.100. The number of hydrogen-bond acceptors (Lipinski definition) is 2. The number of nitrogens with two attached hydrogens (primary N) is 1. The molecule has 0 radical (unpaired) electrons. The summed E-state index contributed by atoms with van der Waals surface area (Å²) in [4.78, 5) is 11.9. The fourth-order valence-electron chi connectivity index (χ4n) is 3.20. The van der Waals surface area contributed by atoms with Crippen LogP contribution in [0.25, 0.3) is 21.8 Å². The standard InChI is InChI=1S/C19H16N2OS/c1-12-5-6-14-17(9-12)21(10-13-7-8-23-11-13)16-4-2-3-15(18(14)16)19(20)22/h2-9,11H,10H2,1H3,(H2,20,22). The Hall–Kier alpha value is -2.59. The molecule has 3 nitrogen and oxygen atoms in total. The summed E-state index contributed by atoms with van der Waals surface area (Å²) in [7, 11) is 0. The van der Waals surface area contributed by atoms with Crippen molar-refractivity contribution in [2.24, 2.45) is 5.73 Å². The maximum Gasteiger partial charge on any atom is 0.249 e. The number of aryl methyl sites for hydroxylation is 1. The largest absolute Gasteiger partial charge is 0.366 e. The molecule has 2 aromatic heterocycles. The van der Waals surface area contributed by atoms with Gasteiger partial charge in [-0.05, 0) is 53.1 Å². The van der Waals surface area contributed by atoms with Crippen LogP contribution in [-0.4, -0.2) is 10.5 Å². The van der Waals surface area contributed by atoms with E-state index in [4.69, 9.17) is 5.73 Å². The van der Waals surface area contributed by atoms with Crippen molar-refractivity contribution in [1.29, 1.82) is 0 Å². The highest BCUT2D eigenvalue weighted by atomic mass is 32.1. The van der Waals surface area contributed by atoms with Gasteiger partial charge in [0.15, 0.2) is 0 Å². The second-order valence-electron chi connectivity index (χ2n) is 5.80. The smallest absolute Gasteiger partial charge is 0.249 e. The molecule has 0 spiro atoms. The summed E-state index contributed by atoms with van der Waals surface area (Å²) in [5.41, 5.74) is 10.8. The summed E-state index contributed by atoms with van der Waals surface area (Å²) >= 11 is 1.70. The minimum atomic E-state index is -0.384. The van der Waals surface area contributed by atoms with E-state index < -0.39 is 0 Å². The average Bonchev–Trinajstić information content (AvgIpc) is 3.14. The number of amides is 1. The van der Waals surface area contributed by atoms with Crippen LogP contribution in [0.2, 0.25) is 0 Å². The topological polar surface area (TPSA) is 48.0 Å². The zero-order valence-electron chi connectivity index (χ0n) is 12.7. The molecule has 114 valence electrons. The monoisotopic (exact) mass is 320 g/mol. The van der Waals surface area contributed by atoms with Crippen molar-refractivity contribution in [2.75, 3.05) is 0 Å². The van der Waals surface area contributed by atoms with Crippen molar-refractivity contribution in [3.8, 4) is 0 Å². The van der Waals surface area contributed by atoms with Crippen molar-refractivity contribution < 1.29 is 4.79 Å². The molecule has 2 N–H and O–H groups in total. The number of aromatic nitrogens is 1. The number of primary amides is 1. The molecule has 1 amide bonds. The Bertz CT molecular complexity index is 1030. The maximum absolute atomic E-state index is 11.9. The molecule has 0 unspecified atom stereocenters. The molecule has 4 rings (SSSR count). The number of benzene rings is 2. The minimum absolute atomic E-state index is 0.384. The van der Waals surface area contributed by atoms with Crippen LogP contribution in [0.15, 0.2) is 53.2 Å². The third-order valence-corrected chi connectivity index (χ3v) is 4.96. The molecular weight excluding hydrogens is 304 g/mol. The molecule has 0 saturated carbocycles. The van der Waals surface area contributed by atoms with Gasteiger partial charge in [-0.3, -0.25) is 4.79 Å². The van der Waals surface area contributed by atoms with Crippen LogP contribution < -0.4 is 5.73 Å². The lowest BCUT2D eigenvalue weighted by Gasteiger charge is -2.07. The van der Waals surface area contributed by atoms with E-state index in [1.165, 1.54) is 11.1 Å². The van der Waals surface area contributed by atoms with E-state index in [1.807, 2.05) is 6.07 Å². The quantitative estimate of drug-likeness (QED) is 0.601. The molecule has 0 aliphatic carbocycles. The molecular formula is C19H16N2OS. The minimum Gasteiger partial charge on any atom is -0.366 e. The van der Waals surface area contributed by atoms with Gasteiger partial charge in [-0.1, -0.05) is 18.2 Å². The number of thiophene rings is 1. The number of hydrogen-bond donors (Lipinski definition) is 1. The van der Waals surface area contributed by atoms with Gasteiger partial charge in [0.25, 0.3) is 0 Å². The van der Waals surface area contributed by atoms with Crippen molar-refractivity contribution in [3.05, 3.63) is 69.9 Å². The zero-order chi connectivity index (χ0) is 16.0. The fraction of sp³-hybridized carbons (Fsp3) is 0.105. The van der Waals surface area contributed by atoms with Crippen LogP contribution >= 0.6 is 11.3 Å². The second-order valence-corrected chi connectivity index (χ2v) is 6.58. The SMILES string of the molecule is Cc1ccc2c3c(C(N)=O)cccc3n(Cc3ccsc3)c2c1. The summed E-state index contributed by atoms with van der Waals surface area (Å²) in [6.07, 6.45) is 0. The van der Waals surface area contributed by atoms with Crippen LogP contribution in [0.5, 0.6) is 0 Å². The number of rotatable bonds is 3. The predicted octanol–water partition coefficient (Wildman–Crippen LogP) is 4.31. The first-order valence-electron chi connectivity index (χ1n) is 7.47. The normalized spacial score (nSPS) is 11.3. The van der Waals surface area contributed by atoms with Gasteiger partial charge in [-0.2, -0.15) is 11.3 Å². The van der Waals surface area contributed by atoms with E-state index in [1.54, 1.807) is 17.4 Å². The van der Waals surface area contributed by atoms with Gasteiger partial charge in [0.2, 0.25) is 5.91 Å². The highest BCUT2D eigenvalue weighted by Gasteiger charge is 2.16. The third-order valence-electron chi connectivity index (χ3n) is 4.23. The first-order valence-corrected chi connectivity index (χ1v) is 8.42. The fourth-order valence-corrected chi connectivity index (χ4v) is 3.85. The number of carbonyl (C=O) groups excluding carboxylic acids is 1. The maximum atomic E-state index is 11.9. The Morgan fingerprint density at radius 3 is 2.78 bits per heavy atom. The van der Waals surface area contributed by atoms with Crippen LogP contribution in [0.1, 0.15) is 21.5 Å². The Morgan fingerprint density at radius 1 is 1.17 bits per heavy atom. The van der Waals surface area contributed by atoms with Crippen LogP contribution in [0, 0.1) is 6.92 Å². The van der Waals surface area contributed by atoms with E-state index in [9.17, 15) is 4.79 Å². The van der Waals surface area contributed by atoms with E-state index in [2.05, 4.69) is 52.6 Å². The zero-order valence-corrected chi connectivity index (χ0v) is 13.6. The van der Waals surface area contributed by atoms with Crippen LogP contribution in [-0.2, 0) is 6.54 Å². The number of fused-ring (bicyclic) bond motifs is 3. The first kappa shape index (κ1) is 14.0. The summed E-state index contributed by atoms with van der Waals surface area (Å²) in [6, 6.07) is 14.2. The van der Waals surface area contributed by atoms with Gasteiger partial charge >= 0.3 is 0 Å². The Balaban J connectivity index is 2.11. The van der Waals surface area contributed by atoms with Gasteiger partial charge in [0, 0.05) is 28.4 Å². The third kappa shape index (κ3) is 2.23. The lowest BCUT2D eigenvalue weighted by atomic mass is 10.1. The van der Waals surface area contributed by atoms with Crippen LogP contribution in [0.4, 0.5) is 0 Å². The molecule has 23 heavy (non-hydrogen) atoms. The highest BCUT2D eigenvalue weighted by molar-refractivity contribution is 7.07. The van der Waals surface area contributed by atoms with Gasteiger partial charge in [0.05, 0.1) is 5.52 Å². The molecule has 2 aromatic carbocycles. The summed E-state index contributed by atoms with van der Waals surface area (Å²) in [6.45, 7) is 2.87. The van der Waals surface area contributed by atoms with E-state index in [-0.39, 0.29) is 5.91 Å². The molecule has 4 heteroatoms. The lowest BCUT2D eigenvalue weighted by Crippen LogP contribution is -2.11.